The fraction of sp³-hybridized carbons (Fsp3) is 0.273. The molecule has 1 atom stereocenters. The molecular weight excluding hydrogens is 404 g/mol. The van der Waals surface area contributed by atoms with E-state index in [2.05, 4.69) is 29.2 Å². The number of hydrogen-bond donors (Lipinski definition) is 1. The van der Waals surface area contributed by atoms with E-state index in [1.165, 1.54) is 6.08 Å². The lowest BCUT2D eigenvalue weighted by molar-refractivity contribution is -0.111. The van der Waals surface area contributed by atoms with Crippen LogP contribution in [0.3, 0.4) is 0 Å². The number of fused-ring (bicyclic) bond motifs is 1. The molecule has 3 aromatic rings. The van der Waals surface area contributed by atoms with Crippen LogP contribution in [0.4, 0.5) is 10.8 Å². The van der Waals surface area contributed by atoms with Crippen molar-refractivity contribution in [1.29, 1.82) is 0 Å². The number of aromatic nitrogens is 1. The van der Waals surface area contributed by atoms with Crippen molar-refractivity contribution in [3.63, 3.8) is 0 Å². The number of nitrogens with one attached hydrogen (secondary N) is 1. The number of carbonyl (C=O) groups is 1. The van der Waals surface area contributed by atoms with Crippen LogP contribution in [-0.4, -0.2) is 49.0 Å². The zero-order chi connectivity index (χ0) is 20.4. The fourth-order valence-corrected chi connectivity index (χ4v) is 4.67. The molecule has 0 bridgehead atoms. The monoisotopic (exact) mass is 426 g/mol. The van der Waals surface area contributed by atoms with Crippen molar-refractivity contribution in [3.8, 4) is 0 Å². The van der Waals surface area contributed by atoms with Gasteiger partial charge < -0.3 is 15.1 Å². The number of anilines is 2. The van der Waals surface area contributed by atoms with Crippen LogP contribution in [0.15, 0.2) is 48.5 Å². The van der Waals surface area contributed by atoms with Crippen molar-refractivity contribution in [2.75, 3.05) is 37.4 Å². The van der Waals surface area contributed by atoms with Gasteiger partial charge in [0.25, 0.3) is 0 Å². The van der Waals surface area contributed by atoms with Gasteiger partial charge in [0.05, 0.1) is 10.2 Å². The van der Waals surface area contributed by atoms with E-state index in [9.17, 15) is 4.79 Å². The Kier molecular flexibility index (Phi) is 5.85. The van der Waals surface area contributed by atoms with Crippen LogP contribution in [0.5, 0.6) is 0 Å². The molecule has 4 rings (SSSR count). The first-order valence-corrected chi connectivity index (χ1v) is 10.7. The Bertz CT molecular complexity index is 1060. The number of rotatable bonds is 5. The molecule has 1 fully saturated rings. The second kappa shape index (κ2) is 8.53. The first kappa shape index (κ1) is 19.9. The number of carbonyl (C=O) groups excluding carboxylic acids is 1. The summed E-state index contributed by atoms with van der Waals surface area (Å²) in [5.74, 6) is -0.178. The lowest BCUT2D eigenvalue weighted by Gasteiger charge is -2.19. The van der Waals surface area contributed by atoms with Gasteiger partial charge in [0, 0.05) is 35.9 Å². The van der Waals surface area contributed by atoms with Crippen molar-refractivity contribution in [2.45, 2.75) is 12.5 Å². The average Bonchev–Trinajstić information content (AvgIpc) is 3.33. The van der Waals surface area contributed by atoms with Gasteiger partial charge in [-0.3, -0.25) is 4.79 Å². The van der Waals surface area contributed by atoms with Crippen LogP contribution in [0, 0.1) is 0 Å². The Labute approximate surface area is 179 Å². The van der Waals surface area contributed by atoms with Crippen LogP contribution in [-0.2, 0) is 4.79 Å². The topological polar surface area (TPSA) is 48.5 Å². The minimum absolute atomic E-state index is 0.178. The summed E-state index contributed by atoms with van der Waals surface area (Å²) < 4.78 is 1.07. The molecule has 0 unspecified atom stereocenters. The molecule has 1 aliphatic heterocycles. The number of likely N-dealkylation sites (N-methyl/N-ethyl adjacent to an activating group) is 1. The molecule has 7 heteroatoms. The number of halogens is 1. The second-order valence-corrected chi connectivity index (χ2v) is 8.85. The van der Waals surface area contributed by atoms with Crippen LogP contribution < -0.4 is 10.2 Å². The third-order valence-electron chi connectivity index (χ3n) is 5.08. The zero-order valence-corrected chi connectivity index (χ0v) is 18.0. The molecule has 1 aliphatic rings. The summed E-state index contributed by atoms with van der Waals surface area (Å²) in [5, 5.41) is 4.62. The molecular formula is C22H23ClN4OS. The minimum Gasteiger partial charge on any atom is -0.346 e. The highest BCUT2D eigenvalue weighted by atomic mass is 35.5. The summed E-state index contributed by atoms with van der Waals surface area (Å²) >= 11 is 7.65. The van der Waals surface area contributed by atoms with E-state index in [1.54, 1.807) is 23.5 Å². The largest absolute Gasteiger partial charge is 0.346 e. The molecule has 1 saturated heterocycles. The predicted octanol–water partition coefficient (Wildman–Crippen LogP) is 4.74. The molecule has 5 nitrogen and oxygen atoms in total. The van der Waals surface area contributed by atoms with Crippen LogP contribution in [0.2, 0.25) is 5.02 Å². The number of thiazole rings is 1. The Morgan fingerprint density at radius 2 is 2.17 bits per heavy atom. The third-order valence-corrected chi connectivity index (χ3v) is 6.40. The first-order chi connectivity index (χ1) is 14.0. The number of amides is 1. The molecule has 2 heterocycles. The summed E-state index contributed by atoms with van der Waals surface area (Å²) in [6.07, 6.45) is 4.42. The van der Waals surface area contributed by atoms with E-state index < -0.39 is 0 Å². The lowest BCUT2D eigenvalue weighted by Crippen LogP contribution is -2.31. The zero-order valence-electron chi connectivity index (χ0n) is 16.4. The normalized spacial score (nSPS) is 17.0. The van der Waals surface area contributed by atoms with E-state index in [0.717, 1.165) is 46.1 Å². The van der Waals surface area contributed by atoms with Crippen molar-refractivity contribution in [2.24, 2.45) is 0 Å². The highest BCUT2D eigenvalue weighted by Crippen LogP contribution is 2.33. The van der Waals surface area contributed by atoms with Crippen molar-refractivity contribution in [3.05, 3.63) is 59.1 Å². The minimum atomic E-state index is -0.178. The summed E-state index contributed by atoms with van der Waals surface area (Å²) in [5.41, 5.74) is 2.61. The molecule has 1 aromatic heterocycles. The quantitative estimate of drug-likeness (QED) is 0.598. The molecule has 1 N–H and O–H groups in total. The molecule has 1 amide bonds. The number of hydrogen-bond acceptors (Lipinski definition) is 5. The molecule has 2 aromatic carbocycles. The Morgan fingerprint density at radius 1 is 1.31 bits per heavy atom. The summed E-state index contributed by atoms with van der Waals surface area (Å²) in [6, 6.07) is 13.8. The maximum atomic E-state index is 12.3. The van der Waals surface area contributed by atoms with Gasteiger partial charge in [0.15, 0.2) is 5.13 Å². The van der Waals surface area contributed by atoms with Crippen molar-refractivity contribution in [1.82, 2.24) is 9.88 Å². The van der Waals surface area contributed by atoms with Gasteiger partial charge in [0.1, 0.15) is 0 Å². The smallest absolute Gasteiger partial charge is 0.248 e. The standard InChI is InChI=1S/C22H23ClN4OS/c1-26(2)18-10-11-27(14-18)22-25-19-8-7-17(13-20(19)29-22)24-21(28)9-6-15-4-3-5-16(23)12-15/h3-9,12-13,18H,10-11,14H2,1-2H3,(H,24,28)/b9-6+/t18-/m1/s1. The van der Waals surface area contributed by atoms with Gasteiger partial charge in [0.2, 0.25) is 5.91 Å². The molecule has 0 spiro atoms. The van der Waals surface area contributed by atoms with Gasteiger partial charge >= 0.3 is 0 Å². The summed E-state index contributed by atoms with van der Waals surface area (Å²) in [7, 11) is 4.25. The van der Waals surface area contributed by atoms with Gasteiger partial charge in [-0.05, 0) is 62.5 Å². The van der Waals surface area contributed by atoms with Crippen LogP contribution in [0.1, 0.15) is 12.0 Å². The Balaban J connectivity index is 1.44. The molecule has 0 radical (unpaired) electrons. The lowest BCUT2D eigenvalue weighted by atomic mass is 10.2. The van der Waals surface area contributed by atoms with E-state index in [1.807, 2.05) is 36.4 Å². The van der Waals surface area contributed by atoms with E-state index in [4.69, 9.17) is 16.6 Å². The van der Waals surface area contributed by atoms with Crippen LogP contribution >= 0.6 is 22.9 Å². The summed E-state index contributed by atoms with van der Waals surface area (Å²) in [6.45, 7) is 2.03. The van der Waals surface area contributed by atoms with Crippen molar-refractivity contribution < 1.29 is 4.79 Å². The Hall–Kier alpha value is -2.41. The molecule has 0 aliphatic carbocycles. The van der Waals surface area contributed by atoms with E-state index >= 15 is 0 Å². The second-order valence-electron chi connectivity index (χ2n) is 7.41. The Morgan fingerprint density at radius 3 is 2.93 bits per heavy atom. The third kappa shape index (κ3) is 4.78. The molecule has 150 valence electrons. The van der Waals surface area contributed by atoms with E-state index in [-0.39, 0.29) is 5.91 Å². The van der Waals surface area contributed by atoms with Gasteiger partial charge in [-0.25, -0.2) is 4.98 Å². The highest BCUT2D eigenvalue weighted by molar-refractivity contribution is 7.22. The number of nitrogens with zero attached hydrogens (tertiary/aromatic N) is 3. The SMILES string of the molecule is CN(C)[C@@H]1CCN(c2nc3ccc(NC(=O)/C=C/c4cccc(Cl)c4)cc3s2)C1. The predicted molar refractivity (Wildman–Crippen MR) is 123 cm³/mol. The number of benzene rings is 2. The van der Waals surface area contributed by atoms with E-state index in [0.29, 0.717) is 11.1 Å². The maximum absolute atomic E-state index is 12.3. The molecule has 29 heavy (non-hydrogen) atoms. The van der Waals surface area contributed by atoms with Gasteiger partial charge in [-0.15, -0.1) is 0 Å². The fourth-order valence-electron chi connectivity index (χ4n) is 3.43. The van der Waals surface area contributed by atoms with Crippen molar-refractivity contribution >= 4 is 56.0 Å². The van der Waals surface area contributed by atoms with Gasteiger partial charge in [-0.2, -0.15) is 0 Å². The first-order valence-electron chi connectivity index (χ1n) is 9.54. The van der Waals surface area contributed by atoms with Gasteiger partial charge in [-0.1, -0.05) is 35.1 Å². The molecule has 0 saturated carbocycles. The summed E-state index contributed by atoms with van der Waals surface area (Å²) in [4.78, 5) is 21.7. The maximum Gasteiger partial charge on any atom is 0.248 e. The average molecular weight is 427 g/mol. The van der Waals surface area contributed by atoms with Crippen LogP contribution in [0.25, 0.3) is 16.3 Å². The highest BCUT2D eigenvalue weighted by Gasteiger charge is 2.26.